The zero-order chi connectivity index (χ0) is 19.2. The van der Waals surface area contributed by atoms with E-state index >= 15 is 0 Å². The molecule has 0 saturated heterocycles. The van der Waals surface area contributed by atoms with Gasteiger partial charge < -0.3 is 10.6 Å². The quantitative estimate of drug-likeness (QED) is 0.794. The second-order valence-electron chi connectivity index (χ2n) is 6.99. The number of anilines is 1. The van der Waals surface area contributed by atoms with E-state index in [2.05, 4.69) is 15.7 Å². The van der Waals surface area contributed by atoms with Gasteiger partial charge in [-0.3, -0.25) is 14.3 Å². The van der Waals surface area contributed by atoms with E-state index in [9.17, 15) is 9.59 Å². The fraction of sp³-hybridized carbons (Fsp3) is 0.450. The first-order valence-corrected chi connectivity index (χ1v) is 9.78. The van der Waals surface area contributed by atoms with Crippen molar-refractivity contribution in [1.82, 2.24) is 15.1 Å². The van der Waals surface area contributed by atoms with Crippen molar-refractivity contribution < 1.29 is 9.59 Å². The smallest absolute Gasteiger partial charge is 0.271 e. The molecule has 1 aromatic carbocycles. The Labute approximate surface area is 164 Å². The van der Waals surface area contributed by atoms with Gasteiger partial charge in [0.2, 0.25) is 5.91 Å². The van der Waals surface area contributed by atoms with Crippen molar-refractivity contribution in [3.05, 3.63) is 46.6 Å². The number of rotatable bonds is 6. The molecule has 6 nitrogen and oxygen atoms in total. The van der Waals surface area contributed by atoms with Crippen molar-refractivity contribution in [2.45, 2.75) is 38.5 Å². The summed E-state index contributed by atoms with van der Waals surface area (Å²) in [4.78, 5) is 24.7. The normalized spacial score (nSPS) is 14.7. The van der Waals surface area contributed by atoms with E-state index in [4.69, 9.17) is 11.6 Å². The molecule has 2 N–H and O–H groups in total. The molecule has 1 fully saturated rings. The van der Waals surface area contributed by atoms with Crippen LogP contribution < -0.4 is 10.6 Å². The van der Waals surface area contributed by atoms with Crippen molar-refractivity contribution >= 4 is 29.2 Å². The summed E-state index contributed by atoms with van der Waals surface area (Å²) in [5, 5.41) is 10.7. The molecule has 1 heterocycles. The second-order valence-corrected chi connectivity index (χ2v) is 7.43. The third kappa shape index (κ3) is 5.32. The predicted octanol–water partition coefficient (Wildman–Crippen LogP) is 3.56. The molecule has 7 heteroatoms. The number of carbonyl (C=O) groups is 2. The van der Waals surface area contributed by atoms with Gasteiger partial charge in [0, 0.05) is 30.6 Å². The third-order valence-electron chi connectivity index (χ3n) is 4.95. The molecule has 2 amide bonds. The van der Waals surface area contributed by atoms with Crippen LogP contribution in [0.4, 0.5) is 5.82 Å². The van der Waals surface area contributed by atoms with Crippen molar-refractivity contribution in [2.75, 3.05) is 11.9 Å². The molecule has 1 aliphatic carbocycles. The van der Waals surface area contributed by atoms with Crippen LogP contribution in [-0.2, 0) is 18.3 Å². The molecule has 1 saturated carbocycles. The van der Waals surface area contributed by atoms with Gasteiger partial charge in [-0.1, -0.05) is 43.0 Å². The number of aryl methyl sites for hydroxylation is 1. The molecule has 0 aliphatic heterocycles. The Kier molecular flexibility index (Phi) is 6.50. The monoisotopic (exact) mass is 388 g/mol. The molecule has 2 aromatic rings. The maximum atomic E-state index is 12.4. The number of hydrogen-bond donors (Lipinski definition) is 2. The number of amides is 2. The maximum Gasteiger partial charge on any atom is 0.271 e. The van der Waals surface area contributed by atoms with E-state index in [0.29, 0.717) is 29.5 Å². The summed E-state index contributed by atoms with van der Waals surface area (Å²) in [6, 6.07) is 9.16. The number of carbonyl (C=O) groups excluding carboxylic acids is 2. The van der Waals surface area contributed by atoms with E-state index in [0.717, 1.165) is 31.2 Å². The van der Waals surface area contributed by atoms with E-state index in [1.54, 1.807) is 13.1 Å². The van der Waals surface area contributed by atoms with Crippen LogP contribution in [0, 0.1) is 5.92 Å². The molecule has 1 aliphatic rings. The average molecular weight is 389 g/mol. The fourth-order valence-corrected chi connectivity index (χ4v) is 3.48. The van der Waals surface area contributed by atoms with Crippen LogP contribution in [-0.4, -0.2) is 28.1 Å². The molecule has 0 unspecified atom stereocenters. The zero-order valence-electron chi connectivity index (χ0n) is 15.5. The summed E-state index contributed by atoms with van der Waals surface area (Å²) in [6.07, 6.45) is 5.98. The molecular formula is C20H25ClN4O2. The van der Waals surface area contributed by atoms with Crippen LogP contribution in [0.2, 0.25) is 5.02 Å². The molecule has 0 atom stereocenters. The van der Waals surface area contributed by atoms with E-state index < -0.39 is 0 Å². The second kappa shape index (κ2) is 9.04. The Morgan fingerprint density at radius 3 is 2.59 bits per heavy atom. The lowest BCUT2D eigenvalue weighted by Gasteiger charge is -2.20. The highest BCUT2D eigenvalue weighted by atomic mass is 35.5. The predicted molar refractivity (Wildman–Crippen MR) is 106 cm³/mol. The Morgan fingerprint density at radius 1 is 1.19 bits per heavy atom. The first-order valence-electron chi connectivity index (χ1n) is 9.40. The van der Waals surface area contributed by atoms with Crippen molar-refractivity contribution in [3.8, 4) is 0 Å². The molecule has 1 aromatic heterocycles. The van der Waals surface area contributed by atoms with Crippen LogP contribution in [0.5, 0.6) is 0 Å². The van der Waals surface area contributed by atoms with Gasteiger partial charge >= 0.3 is 0 Å². The number of halogens is 1. The SMILES string of the molecule is Cn1nc(C(=O)NCCc2ccc(Cl)cc2)cc1NC(=O)C1CCCCC1. The Hall–Kier alpha value is -2.34. The highest BCUT2D eigenvalue weighted by molar-refractivity contribution is 6.30. The standard InChI is InChI=1S/C20H25ClN4O2/c1-25-18(23-19(26)15-5-3-2-4-6-15)13-17(24-25)20(27)22-12-11-14-7-9-16(21)10-8-14/h7-10,13,15H,2-6,11-12H2,1H3,(H,22,27)(H,23,26). The largest absolute Gasteiger partial charge is 0.350 e. The van der Waals surface area contributed by atoms with Crippen molar-refractivity contribution in [2.24, 2.45) is 13.0 Å². The minimum Gasteiger partial charge on any atom is -0.350 e. The van der Waals surface area contributed by atoms with Crippen LogP contribution in [0.25, 0.3) is 0 Å². The van der Waals surface area contributed by atoms with Gasteiger partial charge in [-0.15, -0.1) is 0 Å². The Balaban J connectivity index is 1.52. The molecular weight excluding hydrogens is 364 g/mol. The lowest BCUT2D eigenvalue weighted by atomic mass is 9.89. The summed E-state index contributed by atoms with van der Waals surface area (Å²) < 4.78 is 1.54. The van der Waals surface area contributed by atoms with Gasteiger partial charge in [-0.25, -0.2) is 0 Å². The highest BCUT2D eigenvalue weighted by Crippen LogP contribution is 2.25. The van der Waals surface area contributed by atoms with Gasteiger partial charge in [0.15, 0.2) is 5.69 Å². The zero-order valence-corrected chi connectivity index (χ0v) is 16.3. The van der Waals surface area contributed by atoms with Crippen LogP contribution in [0.15, 0.2) is 30.3 Å². The van der Waals surface area contributed by atoms with Gasteiger partial charge in [0.05, 0.1) is 0 Å². The molecule has 0 radical (unpaired) electrons. The Bertz CT molecular complexity index is 795. The van der Waals surface area contributed by atoms with E-state index in [1.807, 2.05) is 24.3 Å². The number of hydrogen-bond acceptors (Lipinski definition) is 3. The first kappa shape index (κ1) is 19.4. The van der Waals surface area contributed by atoms with E-state index in [1.165, 1.54) is 11.1 Å². The molecule has 27 heavy (non-hydrogen) atoms. The van der Waals surface area contributed by atoms with Gasteiger partial charge in [0.25, 0.3) is 5.91 Å². The first-order chi connectivity index (χ1) is 13.0. The summed E-state index contributed by atoms with van der Waals surface area (Å²) in [5.41, 5.74) is 1.40. The molecule has 0 bridgehead atoms. The molecule has 3 rings (SSSR count). The summed E-state index contributed by atoms with van der Waals surface area (Å²) in [7, 11) is 1.72. The molecule has 144 valence electrons. The third-order valence-corrected chi connectivity index (χ3v) is 5.20. The number of nitrogens with one attached hydrogen (secondary N) is 2. The summed E-state index contributed by atoms with van der Waals surface area (Å²) in [6.45, 7) is 0.501. The lowest BCUT2D eigenvalue weighted by molar-refractivity contribution is -0.120. The van der Waals surface area contributed by atoms with Crippen molar-refractivity contribution in [3.63, 3.8) is 0 Å². The molecule has 0 spiro atoms. The highest BCUT2D eigenvalue weighted by Gasteiger charge is 2.22. The topological polar surface area (TPSA) is 76.0 Å². The van der Waals surface area contributed by atoms with Crippen LogP contribution >= 0.6 is 11.6 Å². The van der Waals surface area contributed by atoms with Gasteiger partial charge in [-0.05, 0) is 37.0 Å². The average Bonchev–Trinajstić information content (AvgIpc) is 3.04. The minimum atomic E-state index is -0.252. The Morgan fingerprint density at radius 2 is 1.89 bits per heavy atom. The van der Waals surface area contributed by atoms with Gasteiger partial charge in [-0.2, -0.15) is 5.10 Å². The summed E-state index contributed by atoms with van der Waals surface area (Å²) >= 11 is 5.87. The van der Waals surface area contributed by atoms with E-state index in [-0.39, 0.29) is 17.7 Å². The summed E-state index contributed by atoms with van der Waals surface area (Å²) in [5.74, 6) is 0.379. The fourth-order valence-electron chi connectivity index (χ4n) is 3.35. The van der Waals surface area contributed by atoms with Crippen LogP contribution in [0.3, 0.4) is 0 Å². The maximum absolute atomic E-state index is 12.4. The van der Waals surface area contributed by atoms with Crippen molar-refractivity contribution in [1.29, 1.82) is 0 Å². The lowest BCUT2D eigenvalue weighted by Crippen LogP contribution is -2.26. The van der Waals surface area contributed by atoms with Gasteiger partial charge in [0.1, 0.15) is 5.82 Å². The van der Waals surface area contributed by atoms with Crippen LogP contribution in [0.1, 0.15) is 48.2 Å². The number of nitrogens with zero attached hydrogens (tertiary/aromatic N) is 2. The minimum absolute atomic E-state index is 0.0207. The number of benzene rings is 1. The number of aromatic nitrogens is 2.